The molecule has 0 radical (unpaired) electrons. The highest BCUT2D eigenvalue weighted by Gasteiger charge is 2.14. The molecule has 0 aliphatic rings. The van der Waals surface area contributed by atoms with Crippen LogP contribution in [0.3, 0.4) is 0 Å². The van der Waals surface area contributed by atoms with E-state index in [1.54, 1.807) is 11.8 Å². The second-order valence-corrected chi connectivity index (χ2v) is 7.48. The van der Waals surface area contributed by atoms with Crippen LogP contribution in [0.5, 0.6) is 0 Å². The van der Waals surface area contributed by atoms with Crippen LogP contribution in [-0.2, 0) is 11.2 Å². The monoisotopic (exact) mass is 304 g/mol. The first-order valence-corrected chi connectivity index (χ1v) is 8.10. The van der Waals surface area contributed by atoms with E-state index >= 15 is 0 Å². The van der Waals surface area contributed by atoms with Gasteiger partial charge in [0.05, 0.1) is 12.3 Å². The molecule has 114 valence electrons. The van der Waals surface area contributed by atoms with Gasteiger partial charge in [-0.3, -0.25) is 4.79 Å². The number of hydrogen-bond donors (Lipinski definition) is 2. The maximum atomic E-state index is 12.0. The van der Waals surface area contributed by atoms with Gasteiger partial charge in [-0.15, -0.1) is 11.8 Å². The third kappa shape index (κ3) is 6.70. The fourth-order valence-corrected chi connectivity index (χ4v) is 2.34. The summed E-state index contributed by atoms with van der Waals surface area (Å²) in [5.74, 6) is 6.35. The number of aryl methyl sites for hydroxylation is 1. The Kier molecular flexibility index (Phi) is 6.80. The molecule has 0 aliphatic carbocycles. The van der Waals surface area contributed by atoms with E-state index in [2.05, 4.69) is 44.9 Å². The lowest BCUT2D eigenvalue weighted by Gasteiger charge is -2.17. The van der Waals surface area contributed by atoms with Crippen molar-refractivity contribution in [2.45, 2.75) is 38.9 Å². The quantitative estimate of drug-likeness (QED) is 0.841. The van der Waals surface area contributed by atoms with Crippen molar-refractivity contribution in [1.82, 2.24) is 0 Å². The first kappa shape index (κ1) is 17.6. The lowest BCUT2D eigenvalue weighted by molar-refractivity contribution is -0.113. The topological polar surface area (TPSA) is 55.1 Å². The molecule has 0 fully saturated rings. The van der Waals surface area contributed by atoms with Gasteiger partial charge in [0.2, 0.25) is 5.91 Å². The molecule has 0 saturated carbocycles. The first-order chi connectivity index (χ1) is 9.85. The number of amides is 1. The van der Waals surface area contributed by atoms with Crippen LogP contribution in [0.2, 0.25) is 0 Å². The summed E-state index contributed by atoms with van der Waals surface area (Å²) in [6.07, 6.45) is 0.847. The van der Waals surface area contributed by atoms with Crippen LogP contribution in [0.4, 0.5) is 5.69 Å². The van der Waals surface area contributed by atoms with Crippen molar-refractivity contribution in [1.29, 1.82) is 0 Å². The summed E-state index contributed by atoms with van der Waals surface area (Å²) < 4.78 is 0.0899. The highest BCUT2D eigenvalue weighted by atomic mass is 32.2. The second kappa shape index (κ2) is 8.11. The molecular formula is C17H24N2OS. The van der Waals surface area contributed by atoms with E-state index in [0.717, 1.165) is 23.2 Å². The van der Waals surface area contributed by atoms with E-state index in [1.807, 2.05) is 18.2 Å². The van der Waals surface area contributed by atoms with E-state index < -0.39 is 0 Å². The van der Waals surface area contributed by atoms with Gasteiger partial charge in [-0.1, -0.05) is 39.5 Å². The number of nitrogens with two attached hydrogens (primary N) is 1. The molecule has 3 nitrogen and oxygen atoms in total. The molecule has 1 amide bonds. The van der Waals surface area contributed by atoms with E-state index in [-0.39, 0.29) is 10.7 Å². The Labute approximate surface area is 132 Å². The molecule has 4 heteroatoms. The normalized spacial score (nSPS) is 10.7. The molecule has 21 heavy (non-hydrogen) atoms. The minimum absolute atomic E-state index is 0.0328. The van der Waals surface area contributed by atoms with Gasteiger partial charge < -0.3 is 11.1 Å². The van der Waals surface area contributed by atoms with Crippen LogP contribution in [0, 0.1) is 11.8 Å². The van der Waals surface area contributed by atoms with Crippen molar-refractivity contribution in [2.24, 2.45) is 5.73 Å². The van der Waals surface area contributed by atoms with Gasteiger partial charge >= 0.3 is 0 Å². The Balaban J connectivity index is 2.77. The largest absolute Gasteiger partial charge is 0.325 e. The third-order valence-corrected chi connectivity index (χ3v) is 4.00. The number of anilines is 1. The molecule has 0 spiro atoms. The zero-order valence-electron chi connectivity index (χ0n) is 13.2. The summed E-state index contributed by atoms with van der Waals surface area (Å²) in [6, 6.07) is 5.84. The Bertz CT molecular complexity index is 550. The molecule has 1 aromatic carbocycles. The van der Waals surface area contributed by atoms with Gasteiger partial charge in [-0.25, -0.2) is 0 Å². The third-order valence-electron chi connectivity index (χ3n) is 2.73. The number of carbonyl (C=O) groups is 1. The van der Waals surface area contributed by atoms with Crippen molar-refractivity contribution < 1.29 is 4.79 Å². The summed E-state index contributed by atoms with van der Waals surface area (Å²) in [6.45, 7) is 8.73. The maximum Gasteiger partial charge on any atom is 0.234 e. The zero-order chi connectivity index (χ0) is 15.9. The van der Waals surface area contributed by atoms with Gasteiger partial charge in [0.1, 0.15) is 0 Å². The standard InChI is InChI=1S/C17H24N2OS/c1-5-14-11-13(7-6-10-18)8-9-15(14)19-16(20)12-21-17(2,3)4/h8-9,11H,5,10,12,18H2,1-4H3,(H,19,20). The number of rotatable bonds is 4. The lowest BCUT2D eigenvalue weighted by atomic mass is 10.1. The molecule has 0 saturated heterocycles. The Morgan fingerprint density at radius 3 is 2.67 bits per heavy atom. The minimum atomic E-state index is 0.0328. The van der Waals surface area contributed by atoms with Crippen molar-refractivity contribution in [3.63, 3.8) is 0 Å². The summed E-state index contributed by atoms with van der Waals surface area (Å²) in [5, 5.41) is 2.98. The molecule has 0 atom stereocenters. The van der Waals surface area contributed by atoms with Gasteiger partial charge in [0.15, 0.2) is 0 Å². The van der Waals surface area contributed by atoms with Crippen molar-refractivity contribution in [3.8, 4) is 11.8 Å². The second-order valence-electron chi connectivity index (χ2n) is 5.68. The van der Waals surface area contributed by atoms with Gasteiger partial charge in [-0.2, -0.15) is 0 Å². The molecule has 1 aromatic rings. The van der Waals surface area contributed by atoms with E-state index in [9.17, 15) is 4.79 Å². The van der Waals surface area contributed by atoms with Crippen LogP contribution < -0.4 is 11.1 Å². The first-order valence-electron chi connectivity index (χ1n) is 7.11. The molecule has 0 aromatic heterocycles. The van der Waals surface area contributed by atoms with Crippen LogP contribution in [0.15, 0.2) is 18.2 Å². The summed E-state index contributed by atoms with van der Waals surface area (Å²) in [7, 11) is 0. The van der Waals surface area contributed by atoms with E-state index in [0.29, 0.717) is 12.3 Å². The average Bonchev–Trinajstić information content (AvgIpc) is 2.43. The van der Waals surface area contributed by atoms with Crippen molar-refractivity contribution in [3.05, 3.63) is 29.3 Å². The fourth-order valence-electron chi connectivity index (χ4n) is 1.71. The molecular weight excluding hydrogens is 280 g/mol. The predicted molar refractivity (Wildman–Crippen MR) is 92.6 cm³/mol. The van der Waals surface area contributed by atoms with Gasteiger partial charge in [0.25, 0.3) is 0 Å². The lowest BCUT2D eigenvalue weighted by Crippen LogP contribution is -2.19. The predicted octanol–water partition coefficient (Wildman–Crippen LogP) is 3.03. The molecule has 0 bridgehead atoms. The van der Waals surface area contributed by atoms with Crippen LogP contribution >= 0.6 is 11.8 Å². The number of carbonyl (C=O) groups excluding carboxylic acids is 1. The Morgan fingerprint density at radius 1 is 1.38 bits per heavy atom. The smallest absolute Gasteiger partial charge is 0.234 e. The molecule has 0 aliphatic heterocycles. The van der Waals surface area contributed by atoms with Crippen LogP contribution in [0.25, 0.3) is 0 Å². The molecule has 1 rings (SSSR count). The molecule has 3 N–H and O–H groups in total. The van der Waals surface area contributed by atoms with Crippen LogP contribution in [-0.4, -0.2) is 23.0 Å². The number of nitrogens with one attached hydrogen (secondary N) is 1. The molecule has 0 unspecified atom stereocenters. The maximum absolute atomic E-state index is 12.0. The number of hydrogen-bond acceptors (Lipinski definition) is 3. The van der Waals surface area contributed by atoms with Crippen LogP contribution in [0.1, 0.15) is 38.8 Å². The summed E-state index contributed by atoms with van der Waals surface area (Å²) >= 11 is 1.64. The highest BCUT2D eigenvalue weighted by Crippen LogP contribution is 2.24. The summed E-state index contributed by atoms with van der Waals surface area (Å²) in [5.41, 5.74) is 8.27. The van der Waals surface area contributed by atoms with Crippen molar-refractivity contribution in [2.75, 3.05) is 17.6 Å². The minimum Gasteiger partial charge on any atom is -0.325 e. The zero-order valence-corrected chi connectivity index (χ0v) is 14.1. The number of thioether (sulfide) groups is 1. The highest BCUT2D eigenvalue weighted by molar-refractivity contribution is 8.01. The fraction of sp³-hybridized carbons (Fsp3) is 0.471. The summed E-state index contributed by atoms with van der Waals surface area (Å²) in [4.78, 5) is 12.0. The van der Waals surface area contributed by atoms with E-state index in [4.69, 9.17) is 5.73 Å². The Morgan fingerprint density at radius 2 is 2.10 bits per heavy atom. The SMILES string of the molecule is CCc1cc(C#CCN)ccc1NC(=O)CSC(C)(C)C. The Hall–Kier alpha value is -1.44. The average molecular weight is 304 g/mol. The molecule has 0 heterocycles. The number of benzene rings is 1. The van der Waals surface area contributed by atoms with Gasteiger partial charge in [-0.05, 0) is 30.2 Å². The van der Waals surface area contributed by atoms with E-state index in [1.165, 1.54) is 0 Å². The van der Waals surface area contributed by atoms with Gasteiger partial charge in [0, 0.05) is 16.0 Å². The van der Waals surface area contributed by atoms with Crippen molar-refractivity contribution >= 4 is 23.4 Å².